The van der Waals surface area contributed by atoms with Crippen LogP contribution in [-0.2, 0) is 13.9 Å². The molecule has 58 valence electrons. The summed E-state index contributed by atoms with van der Waals surface area (Å²) in [5.74, 6) is 0. The topological polar surface area (TPSA) is 43.4 Å². The van der Waals surface area contributed by atoms with Crippen molar-refractivity contribution in [2.45, 2.75) is 26.2 Å². The zero-order valence-corrected chi connectivity index (χ0v) is 6.97. The van der Waals surface area contributed by atoms with Gasteiger partial charge in [-0.15, -0.1) is 0 Å². The van der Waals surface area contributed by atoms with Gasteiger partial charge in [-0.3, -0.25) is 4.79 Å². The van der Waals surface area contributed by atoms with Crippen LogP contribution in [0.2, 0.25) is 0 Å². The second-order valence-corrected chi connectivity index (χ2v) is 3.29. The Morgan fingerprint density at radius 1 is 1.50 bits per heavy atom. The number of rotatable bonds is 6. The van der Waals surface area contributed by atoms with E-state index >= 15 is 0 Å². The maximum absolute atomic E-state index is 10.6. The first-order valence-corrected chi connectivity index (χ1v) is 4.72. The number of carbonyl (C=O) groups excluding carboxylic acids is 1. The van der Waals surface area contributed by atoms with Gasteiger partial charge in [0.2, 0.25) is 0 Å². The largest absolute Gasteiger partial charge is 0.558 e. The molecule has 4 heteroatoms. The van der Waals surface area contributed by atoms with Crippen LogP contribution in [0.25, 0.3) is 0 Å². The molecule has 0 aromatic rings. The summed E-state index contributed by atoms with van der Waals surface area (Å²) in [5, 5.41) is 0. The predicted octanol–water partition coefficient (Wildman–Crippen LogP) is 2.09. The summed E-state index contributed by atoms with van der Waals surface area (Å²) in [6, 6.07) is 0. The quantitative estimate of drug-likeness (QED) is 0.342. The number of unbranched alkanes of at least 4 members (excludes halogenated alkanes) is 2. The fourth-order valence-corrected chi connectivity index (χ4v) is 1.27. The number of hydrogen-bond donors (Lipinski definition) is 0. The lowest BCUT2D eigenvalue weighted by Crippen LogP contribution is -1.81. The van der Waals surface area contributed by atoms with Gasteiger partial charge in [-0.25, -0.2) is 4.52 Å². The summed E-state index contributed by atoms with van der Waals surface area (Å²) in [4.78, 5) is 9.64. The van der Waals surface area contributed by atoms with E-state index in [1.54, 1.807) is 0 Å². The van der Waals surface area contributed by atoms with Gasteiger partial charge in [0.15, 0.2) is 6.16 Å². The van der Waals surface area contributed by atoms with E-state index in [4.69, 9.17) is 0 Å². The summed E-state index contributed by atoms with van der Waals surface area (Å²) in [6.07, 6.45) is 3.51. The third-order valence-corrected chi connectivity index (χ3v) is 2.11. The van der Waals surface area contributed by atoms with Crippen molar-refractivity contribution in [1.82, 2.24) is 0 Å². The lowest BCUT2D eigenvalue weighted by Gasteiger charge is -1.85. The van der Waals surface area contributed by atoms with Crippen molar-refractivity contribution in [2.24, 2.45) is 0 Å². The van der Waals surface area contributed by atoms with E-state index in [1.165, 1.54) is 0 Å². The monoisotopic (exact) mass is 163 g/mol. The Labute approximate surface area is 61.6 Å². The Morgan fingerprint density at radius 2 is 2.20 bits per heavy atom. The molecule has 0 aliphatic rings. The van der Waals surface area contributed by atoms with Crippen molar-refractivity contribution in [3.8, 4) is 0 Å². The summed E-state index contributed by atoms with van der Waals surface area (Å²) in [6.45, 7) is 2.30. The van der Waals surface area contributed by atoms with E-state index in [9.17, 15) is 9.36 Å². The average Bonchev–Trinajstić information content (AvgIpc) is 1.89. The van der Waals surface area contributed by atoms with Gasteiger partial charge in [0, 0.05) is 0 Å². The molecule has 0 aliphatic heterocycles. The molecule has 0 fully saturated rings. The van der Waals surface area contributed by atoms with Crippen LogP contribution in [0.1, 0.15) is 26.2 Å². The average molecular weight is 163 g/mol. The van der Waals surface area contributed by atoms with Crippen LogP contribution >= 0.6 is 8.03 Å². The maximum atomic E-state index is 10.6. The van der Waals surface area contributed by atoms with Crippen molar-refractivity contribution >= 4 is 14.5 Å². The molecular formula is C6H12O3P+. The smallest absolute Gasteiger partial charge is 0.250 e. The van der Waals surface area contributed by atoms with Crippen molar-refractivity contribution in [3.63, 3.8) is 0 Å². The summed E-state index contributed by atoms with van der Waals surface area (Å²) in [5.41, 5.74) is 0. The Kier molecular flexibility index (Phi) is 6.40. The zero-order chi connectivity index (χ0) is 7.82. The highest BCUT2D eigenvalue weighted by atomic mass is 31.1. The highest BCUT2D eigenvalue weighted by molar-refractivity contribution is 7.39. The Morgan fingerprint density at radius 3 is 2.70 bits per heavy atom. The van der Waals surface area contributed by atoms with Gasteiger partial charge >= 0.3 is 14.5 Å². The highest BCUT2D eigenvalue weighted by Crippen LogP contribution is 2.22. The highest BCUT2D eigenvalue weighted by Gasteiger charge is 2.14. The van der Waals surface area contributed by atoms with Gasteiger partial charge in [0.1, 0.15) is 0 Å². The summed E-state index contributed by atoms with van der Waals surface area (Å²) in [7, 11) is -1.71. The second-order valence-electron chi connectivity index (χ2n) is 1.97. The van der Waals surface area contributed by atoms with E-state index in [0.29, 0.717) is 6.16 Å². The molecule has 0 bridgehead atoms. The molecule has 1 atom stereocenters. The van der Waals surface area contributed by atoms with Gasteiger partial charge < -0.3 is 0 Å². The lowest BCUT2D eigenvalue weighted by atomic mass is 10.3. The Hall–Kier alpha value is -0.430. The van der Waals surface area contributed by atoms with Gasteiger partial charge in [-0.2, -0.15) is 0 Å². The molecule has 0 saturated carbocycles. The van der Waals surface area contributed by atoms with Crippen molar-refractivity contribution in [1.29, 1.82) is 0 Å². The van der Waals surface area contributed by atoms with E-state index < -0.39 is 8.03 Å². The van der Waals surface area contributed by atoms with Crippen LogP contribution in [0, 0.1) is 0 Å². The molecule has 0 aliphatic carbocycles. The summed E-state index contributed by atoms with van der Waals surface area (Å²) >= 11 is 0. The van der Waals surface area contributed by atoms with E-state index in [0.717, 1.165) is 19.3 Å². The molecule has 3 nitrogen and oxygen atoms in total. The molecule has 0 heterocycles. The van der Waals surface area contributed by atoms with Gasteiger partial charge in [-0.1, -0.05) is 13.3 Å². The van der Waals surface area contributed by atoms with Crippen molar-refractivity contribution < 1.29 is 13.9 Å². The van der Waals surface area contributed by atoms with Crippen LogP contribution < -0.4 is 0 Å². The lowest BCUT2D eigenvalue weighted by molar-refractivity contribution is -0.120. The van der Waals surface area contributed by atoms with Crippen LogP contribution in [0.4, 0.5) is 0 Å². The molecule has 0 N–H and O–H groups in total. The first kappa shape index (κ1) is 9.57. The minimum Gasteiger partial charge on any atom is -0.250 e. The van der Waals surface area contributed by atoms with Crippen LogP contribution in [0.5, 0.6) is 0 Å². The fraction of sp³-hybridized carbons (Fsp3) is 0.833. The second kappa shape index (κ2) is 6.69. The normalized spacial score (nSPS) is 10.7. The first-order valence-electron chi connectivity index (χ1n) is 3.36. The Bertz CT molecular complexity index is 114. The van der Waals surface area contributed by atoms with E-state index in [1.807, 2.05) is 0 Å². The van der Waals surface area contributed by atoms with Crippen LogP contribution in [0.3, 0.4) is 0 Å². The first-order chi connectivity index (χ1) is 4.81. The molecular weight excluding hydrogens is 151 g/mol. The third kappa shape index (κ3) is 5.70. The third-order valence-electron chi connectivity index (χ3n) is 1.10. The minimum absolute atomic E-state index is 0.241. The molecule has 0 rings (SSSR count). The summed E-state index contributed by atoms with van der Waals surface area (Å²) < 4.78 is 14.8. The van der Waals surface area contributed by atoms with Gasteiger partial charge in [-0.05, 0) is 17.4 Å². The van der Waals surface area contributed by atoms with Gasteiger partial charge in [0.25, 0.3) is 0 Å². The molecule has 0 radical (unpaired) electrons. The van der Waals surface area contributed by atoms with Crippen molar-refractivity contribution in [3.05, 3.63) is 0 Å². The fourth-order valence-electron chi connectivity index (χ4n) is 0.592. The predicted molar refractivity (Wildman–Crippen MR) is 39.1 cm³/mol. The molecule has 0 amide bonds. The minimum atomic E-state index is -1.71. The van der Waals surface area contributed by atoms with Crippen LogP contribution in [0.15, 0.2) is 0 Å². The number of hydrogen-bond acceptors (Lipinski definition) is 3. The zero-order valence-electron chi connectivity index (χ0n) is 6.08. The molecule has 0 aromatic carbocycles. The molecule has 0 spiro atoms. The molecule has 1 unspecified atom stereocenters. The molecule has 10 heavy (non-hydrogen) atoms. The SMILES string of the molecule is CCCCC[P+](=O)OC=O. The standard InChI is InChI=1S/C6H12O3P/c1-2-3-4-5-10(8)9-6-7/h6H,2-5H2,1H3/q+1. The van der Waals surface area contributed by atoms with Crippen LogP contribution in [-0.4, -0.2) is 12.6 Å². The van der Waals surface area contributed by atoms with Crippen molar-refractivity contribution in [2.75, 3.05) is 6.16 Å². The molecule has 0 saturated heterocycles. The van der Waals surface area contributed by atoms with E-state index in [-0.39, 0.29) is 6.47 Å². The maximum Gasteiger partial charge on any atom is 0.558 e. The Balaban J connectivity index is 3.13. The van der Waals surface area contributed by atoms with Gasteiger partial charge in [0.05, 0.1) is 0 Å². The molecule has 0 aromatic heterocycles. The van der Waals surface area contributed by atoms with E-state index in [2.05, 4.69) is 11.4 Å². The number of carbonyl (C=O) groups is 1.